The van der Waals surface area contributed by atoms with Crippen LogP contribution in [0.3, 0.4) is 0 Å². The van der Waals surface area contributed by atoms with E-state index in [0.29, 0.717) is 10.2 Å². The van der Waals surface area contributed by atoms with Crippen LogP contribution in [0, 0.1) is 13.0 Å². The lowest BCUT2D eigenvalue weighted by molar-refractivity contribution is 0.524. The van der Waals surface area contributed by atoms with E-state index in [9.17, 15) is 4.39 Å². The smallest absolute Gasteiger partial charge is 0.231 e. The third-order valence-corrected chi connectivity index (χ3v) is 2.63. The monoisotopic (exact) mass is 222 g/mol. The molecule has 0 amide bonds. The molecule has 0 aromatic carbocycles. The number of hydrogen-bond acceptors (Lipinski definition) is 5. The molecule has 0 atom stereocenters. The first-order valence-corrected chi connectivity index (χ1v) is 5.01. The second kappa shape index (κ2) is 4.31. The normalized spacial score (nSPS) is 10.3. The molecule has 0 spiro atoms. The average Bonchev–Trinajstić information content (AvgIpc) is 2.25. The van der Waals surface area contributed by atoms with Gasteiger partial charge in [0, 0.05) is 24.2 Å². The van der Waals surface area contributed by atoms with E-state index in [-0.39, 0.29) is 0 Å². The lowest BCUT2D eigenvalue weighted by atomic mass is 10.4. The number of hydrogen-bond donors (Lipinski definition) is 0. The van der Waals surface area contributed by atoms with Crippen LogP contribution in [0.2, 0.25) is 0 Å². The molecule has 0 aliphatic rings. The molecule has 0 saturated heterocycles. The Morgan fingerprint density at radius 2 is 1.93 bits per heavy atom. The Balaban J connectivity index is 2.28. The molecule has 0 N–H and O–H groups in total. The Kier molecular flexibility index (Phi) is 2.86. The highest BCUT2D eigenvalue weighted by molar-refractivity contribution is 7.99. The summed E-state index contributed by atoms with van der Waals surface area (Å²) in [6, 6.07) is 1.72. The molecular weight excluding hydrogens is 215 g/mol. The molecule has 0 aliphatic carbocycles. The highest BCUT2D eigenvalue weighted by Crippen LogP contribution is 2.24. The van der Waals surface area contributed by atoms with Crippen molar-refractivity contribution in [1.82, 2.24) is 19.9 Å². The Morgan fingerprint density at radius 1 is 1.20 bits per heavy atom. The van der Waals surface area contributed by atoms with Gasteiger partial charge in [0.25, 0.3) is 0 Å². The van der Waals surface area contributed by atoms with Crippen LogP contribution in [-0.4, -0.2) is 19.9 Å². The van der Waals surface area contributed by atoms with Crippen molar-refractivity contribution < 1.29 is 4.39 Å². The standard InChI is InChI=1S/C9H7FN4S/c1-6-5-13-8(10)14-7(6)15-9-11-3-2-4-12-9/h2-5H,1H3. The van der Waals surface area contributed by atoms with Crippen molar-refractivity contribution in [1.29, 1.82) is 0 Å². The molecular formula is C9H7FN4S. The number of halogens is 1. The summed E-state index contributed by atoms with van der Waals surface area (Å²) in [5.74, 6) is 0. The van der Waals surface area contributed by atoms with Crippen LogP contribution >= 0.6 is 11.8 Å². The van der Waals surface area contributed by atoms with Crippen LogP contribution in [0.1, 0.15) is 5.56 Å². The molecule has 0 aliphatic heterocycles. The Hall–Kier alpha value is -1.56. The third kappa shape index (κ3) is 2.47. The molecule has 2 aromatic rings. The second-order valence-electron chi connectivity index (χ2n) is 2.76. The molecule has 2 heterocycles. The largest absolute Gasteiger partial charge is 0.309 e. The van der Waals surface area contributed by atoms with E-state index in [0.717, 1.165) is 5.56 Å². The Bertz CT molecular complexity index is 463. The number of rotatable bonds is 2. The van der Waals surface area contributed by atoms with E-state index in [1.807, 2.05) is 6.92 Å². The van der Waals surface area contributed by atoms with Gasteiger partial charge in [0.15, 0.2) is 5.16 Å². The second-order valence-corrected chi connectivity index (χ2v) is 3.72. The molecule has 0 saturated carbocycles. The van der Waals surface area contributed by atoms with Gasteiger partial charge in [0.1, 0.15) is 5.03 Å². The van der Waals surface area contributed by atoms with E-state index in [2.05, 4.69) is 19.9 Å². The molecule has 0 unspecified atom stereocenters. The van der Waals surface area contributed by atoms with Crippen molar-refractivity contribution in [3.8, 4) is 0 Å². The summed E-state index contributed by atoms with van der Waals surface area (Å²) in [6.45, 7) is 1.81. The summed E-state index contributed by atoms with van der Waals surface area (Å²) in [7, 11) is 0. The zero-order chi connectivity index (χ0) is 10.7. The molecule has 4 nitrogen and oxygen atoms in total. The summed E-state index contributed by atoms with van der Waals surface area (Å²) >= 11 is 1.22. The summed E-state index contributed by atoms with van der Waals surface area (Å²) in [5, 5.41) is 1.08. The zero-order valence-electron chi connectivity index (χ0n) is 7.88. The lowest BCUT2D eigenvalue weighted by Gasteiger charge is -2.01. The maximum atomic E-state index is 12.8. The third-order valence-electron chi connectivity index (χ3n) is 1.63. The van der Waals surface area contributed by atoms with Crippen LogP contribution in [0.4, 0.5) is 4.39 Å². The van der Waals surface area contributed by atoms with Crippen molar-refractivity contribution in [3.63, 3.8) is 0 Å². The molecule has 76 valence electrons. The van der Waals surface area contributed by atoms with Crippen molar-refractivity contribution in [2.45, 2.75) is 17.1 Å². The zero-order valence-corrected chi connectivity index (χ0v) is 8.70. The molecule has 15 heavy (non-hydrogen) atoms. The van der Waals surface area contributed by atoms with Crippen molar-refractivity contribution >= 4 is 11.8 Å². The van der Waals surface area contributed by atoms with Gasteiger partial charge in [-0.15, -0.1) is 0 Å². The van der Waals surface area contributed by atoms with Crippen LogP contribution in [0.5, 0.6) is 0 Å². The molecule has 2 rings (SSSR count). The first-order chi connectivity index (χ1) is 7.25. The van der Waals surface area contributed by atoms with Crippen molar-refractivity contribution in [3.05, 3.63) is 36.3 Å². The highest BCUT2D eigenvalue weighted by atomic mass is 32.2. The number of aryl methyl sites for hydroxylation is 1. The van der Waals surface area contributed by atoms with E-state index < -0.39 is 6.08 Å². The van der Waals surface area contributed by atoms with Gasteiger partial charge in [-0.25, -0.2) is 15.0 Å². The van der Waals surface area contributed by atoms with E-state index in [1.165, 1.54) is 18.0 Å². The van der Waals surface area contributed by atoms with Gasteiger partial charge in [-0.05, 0) is 24.8 Å². The van der Waals surface area contributed by atoms with Gasteiger partial charge >= 0.3 is 6.08 Å². The fourth-order valence-electron chi connectivity index (χ4n) is 0.934. The summed E-state index contributed by atoms with van der Waals surface area (Å²) in [5.41, 5.74) is 0.800. The van der Waals surface area contributed by atoms with Crippen molar-refractivity contribution in [2.75, 3.05) is 0 Å². The van der Waals surface area contributed by atoms with Gasteiger partial charge in [0.2, 0.25) is 0 Å². The summed E-state index contributed by atoms with van der Waals surface area (Å²) in [4.78, 5) is 15.1. The first-order valence-electron chi connectivity index (χ1n) is 4.20. The number of aromatic nitrogens is 4. The minimum atomic E-state index is -0.737. The SMILES string of the molecule is Cc1cnc(F)nc1Sc1ncccn1. The van der Waals surface area contributed by atoms with Gasteiger partial charge in [0.05, 0.1) is 0 Å². The molecule has 0 fully saturated rings. The predicted octanol–water partition coefficient (Wildman–Crippen LogP) is 1.87. The minimum absolute atomic E-state index is 0.536. The topological polar surface area (TPSA) is 51.6 Å². The minimum Gasteiger partial charge on any atom is -0.231 e. The van der Waals surface area contributed by atoms with Gasteiger partial charge in [-0.3, -0.25) is 0 Å². The van der Waals surface area contributed by atoms with E-state index in [4.69, 9.17) is 0 Å². The van der Waals surface area contributed by atoms with E-state index in [1.54, 1.807) is 18.5 Å². The molecule has 0 bridgehead atoms. The maximum absolute atomic E-state index is 12.8. The molecule has 2 aromatic heterocycles. The van der Waals surface area contributed by atoms with Gasteiger partial charge in [-0.2, -0.15) is 9.37 Å². The molecule has 0 radical (unpaired) electrons. The van der Waals surface area contributed by atoms with Crippen LogP contribution in [0.15, 0.2) is 34.8 Å². The number of nitrogens with zero attached hydrogens (tertiary/aromatic N) is 4. The quantitative estimate of drug-likeness (QED) is 0.573. The Morgan fingerprint density at radius 3 is 2.67 bits per heavy atom. The fraction of sp³-hybridized carbons (Fsp3) is 0.111. The van der Waals surface area contributed by atoms with E-state index >= 15 is 0 Å². The lowest BCUT2D eigenvalue weighted by Crippen LogP contribution is -1.94. The average molecular weight is 222 g/mol. The van der Waals surface area contributed by atoms with Gasteiger partial charge < -0.3 is 0 Å². The van der Waals surface area contributed by atoms with Crippen LogP contribution in [-0.2, 0) is 0 Å². The summed E-state index contributed by atoms with van der Waals surface area (Å²) < 4.78 is 12.8. The van der Waals surface area contributed by atoms with Gasteiger partial charge in [-0.1, -0.05) is 0 Å². The van der Waals surface area contributed by atoms with Crippen LogP contribution < -0.4 is 0 Å². The highest BCUT2D eigenvalue weighted by Gasteiger charge is 2.06. The Labute approximate surface area is 90.0 Å². The first kappa shape index (κ1) is 9.97. The van der Waals surface area contributed by atoms with Crippen LogP contribution in [0.25, 0.3) is 0 Å². The maximum Gasteiger partial charge on any atom is 0.309 e. The van der Waals surface area contributed by atoms with Crippen molar-refractivity contribution in [2.24, 2.45) is 0 Å². The molecule has 6 heteroatoms. The predicted molar refractivity (Wildman–Crippen MR) is 52.9 cm³/mol. The summed E-state index contributed by atoms with van der Waals surface area (Å²) in [6.07, 6.45) is 3.96. The fourth-order valence-corrected chi connectivity index (χ4v) is 1.67.